The van der Waals surface area contributed by atoms with E-state index in [1.165, 1.54) is 24.3 Å². The van der Waals surface area contributed by atoms with E-state index in [1.807, 2.05) is 49.6 Å². The Labute approximate surface area is 177 Å². The molecule has 0 spiro atoms. The van der Waals surface area contributed by atoms with Gasteiger partial charge in [0.1, 0.15) is 17.9 Å². The number of thiazole rings is 1. The summed E-state index contributed by atoms with van der Waals surface area (Å²) in [5.41, 5.74) is 3.76. The molecule has 0 unspecified atom stereocenters. The Morgan fingerprint density at radius 2 is 1.97 bits per heavy atom. The number of hydrogen-bond donors (Lipinski definition) is 0. The van der Waals surface area contributed by atoms with E-state index in [-0.39, 0.29) is 12.5 Å². The van der Waals surface area contributed by atoms with Gasteiger partial charge in [-0.15, -0.1) is 11.3 Å². The number of carbonyl (C=O) groups is 1. The first kappa shape index (κ1) is 19.8. The number of carbonyl (C=O) groups excluding carboxylic acids is 1. The average Bonchev–Trinajstić information content (AvgIpc) is 3.17. The van der Waals surface area contributed by atoms with Crippen LogP contribution in [0.4, 0.5) is 10.8 Å². The van der Waals surface area contributed by atoms with Gasteiger partial charge in [0, 0.05) is 29.8 Å². The fraction of sp³-hybridized carbons (Fsp3) is 0.174. The van der Waals surface area contributed by atoms with E-state index in [2.05, 4.69) is 4.98 Å². The molecule has 0 N–H and O–H groups in total. The van der Waals surface area contributed by atoms with Gasteiger partial charge in [0.15, 0.2) is 5.13 Å². The molecule has 0 aliphatic carbocycles. The lowest BCUT2D eigenvalue weighted by Crippen LogP contribution is -2.23. The number of hydrogen-bond acceptors (Lipinski definition) is 6. The lowest BCUT2D eigenvalue weighted by molar-refractivity contribution is -0.115. The normalized spacial score (nSPS) is 10.9. The maximum atomic E-state index is 12.4. The third-order valence-corrected chi connectivity index (χ3v) is 5.72. The van der Waals surface area contributed by atoms with Crippen LogP contribution in [0.2, 0.25) is 0 Å². The molecule has 4 aromatic rings. The van der Waals surface area contributed by atoms with Gasteiger partial charge < -0.3 is 9.15 Å². The summed E-state index contributed by atoms with van der Waals surface area (Å²) >= 11 is 1.39. The second kappa shape index (κ2) is 8.12. The Morgan fingerprint density at radius 3 is 2.77 bits per heavy atom. The summed E-state index contributed by atoms with van der Waals surface area (Å²) < 4.78 is 11.0. The second-order valence-electron chi connectivity index (χ2n) is 6.94. The van der Waals surface area contributed by atoms with Gasteiger partial charge in [0.2, 0.25) is 5.91 Å². The van der Waals surface area contributed by atoms with Gasteiger partial charge >= 0.3 is 5.63 Å². The zero-order valence-corrected chi connectivity index (χ0v) is 17.7. The average molecular weight is 420 g/mol. The molecule has 0 saturated heterocycles. The van der Waals surface area contributed by atoms with Crippen molar-refractivity contribution in [2.45, 2.75) is 27.4 Å². The van der Waals surface area contributed by atoms with Crippen molar-refractivity contribution in [2.24, 2.45) is 0 Å². The maximum Gasteiger partial charge on any atom is 0.336 e. The van der Waals surface area contributed by atoms with Gasteiger partial charge in [-0.05, 0) is 49.2 Å². The smallest absolute Gasteiger partial charge is 0.336 e. The van der Waals surface area contributed by atoms with E-state index in [9.17, 15) is 9.59 Å². The molecule has 2 aromatic carbocycles. The lowest BCUT2D eigenvalue weighted by Gasteiger charge is -2.21. The van der Waals surface area contributed by atoms with Crippen LogP contribution in [-0.4, -0.2) is 10.9 Å². The molecule has 0 aliphatic heterocycles. The molecular formula is C23H20N2O4S. The predicted octanol–water partition coefficient (Wildman–Crippen LogP) is 5.13. The Kier molecular flexibility index (Phi) is 5.37. The van der Waals surface area contributed by atoms with Gasteiger partial charge in [-0.25, -0.2) is 9.78 Å². The van der Waals surface area contributed by atoms with Crippen LogP contribution in [0.15, 0.2) is 63.1 Å². The second-order valence-corrected chi connectivity index (χ2v) is 7.77. The number of anilines is 2. The summed E-state index contributed by atoms with van der Waals surface area (Å²) in [6.45, 7) is 5.78. The van der Waals surface area contributed by atoms with Crippen molar-refractivity contribution in [2.75, 3.05) is 4.90 Å². The molecule has 152 valence electrons. The van der Waals surface area contributed by atoms with Crippen molar-refractivity contribution in [1.82, 2.24) is 4.98 Å². The molecule has 7 heteroatoms. The molecule has 0 fully saturated rings. The molecule has 2 aromatic heterocycles. The van der Waals surface area contributed by atoms with Crippen molar-refractivity contribution < 1.29 is 13.9 Å². The minimum absolute atomic E-state index is 0.102. The summed E-state index contributed by atoms with van der Waals surface area (Å²) in [6.07, 6.45) is 0. The van der Waals surface area contributed by atoms with Crippen molar-refractivity contribution in [1.29, 1.82) is 0 Å². The monoisotopic (exact) mass is 420 g/mol. The lowest BCUT2D eigenvalue weighted by atomic mass is 10.1. The van der Waals surface area contributed by atoms with Gasteiger partial charge in [-0.1, -0.05) is 12.1 Å². The maximum absolute atomic E-state index is 12.4. The van der Waals surface area contributed by atoms with Crippen LogP contribution in [-0.2, 0) is 11.4 Å². The van der Waals surface area contributed by atoms with Gasteiger partial charge in [-0.3, -0.25) is 9.69 Å². The minimum Gasteiger partial charge on any atom is -0.487 e. The van der Waals surface area contributed by atoms with E-state index in [1.54, 1.807) is 17.0 Å². The number of ether oxygens (including phenoxy) is 1. The van der Waals surface area contributed by atoms with Crippen LogP contribution in [0.5, 0.6) is 5.75 Å². The summed E-state index contributed by atoms with van der Waals surface area (Å²) in [7, 11) is 0. The first-order valence-corrected chi connectivity index (χ1v) is 10.3. The van der Waals surface area contributed by atoms with Crippen molar-refractivity contribution in [3.63, 3.8) is 0 Å². The fourth-order valence-electron chi connectivity index (χ4n) is 3.14. The van der Waals surface area contributed by atoms with E-state index in [4.69, 9.17) is 9.15 Å². The molecule has 0 aliphatic rings. The van der Waals surface area contributed by atoms with Crippen molar-refractivity contribution >= 4 is 39.0 Å². The number of rotatable bonds is 5. The van der Waals surface area contributed by atoms with Crippen LogP contribution in [0.3, 0.4) is 0 Å². The molecule has 6 nitrogen and oxygen atoms in total. The minimum atomic E-state index is -0.403. The summed E-state index contributed by atoms with van der Waals surface area (Å²) in [6, 6.07) is 14.3. The molecular weight excluding hydrogens is 400 g/mol. The van der Waals surface area contributed by atoms with Crippen molar-refractivity contribution in [3.05, 3.63) is 81.2 Å². The zero-order valence-electron chi connectivity index (χ0n) is 16.8. The number of benzene rings is 2. The van der Waals surface area contributed by atoms with E-state index < -0.39 is 5.63 Å². The Hall–Kier alpha value is -3.45. The van der Waals surface area contributed by atoms with E-state index >= 15 is 0 Å². The molecule has 2 heterocycles. The topological polar surface area (TPSA) is 72.6 Å². The molecule has 0 saturated carbocycles. The summed E-state index contributed by atoms with van der Waals surface area (Å²) in [4.78, 5) is 30.0. The van der Waals surface area contributed by atoms with Crippen LogP contribution in [0.25, 0.3) is 11.0 Å². The van der Waals surface area contributed by atoms with Crippen LogP contribution < -0.4 is 15.3 Å². The number of amides is 1. The SMILES string of the molecule is CC(=O)N(c1nc(COc2ccc3ccc(=O)oc3c2)cs1)c1cccc(C)c1C. The van der Waals surface area contributed by atoms with Crippen LogP contribution in [0, 0.1) is 13.8 Å². The summed E-state index contributed by atoms with van der Waals surface area (Å²) in [5, 5.41) is 3.29. The highest BCUT2D eigenvalue weighted by molar-refractivity contribution is 7.14. The van der Waals surface area contributed by atoms with Gasteiger partial charge in [0.05, 0.1) is 11.4 Å². The number of aromatic nitrogens is 1. The molecule has 30 heavy (non-hydrogen) atoms. The number of nitrogens with zero attached hydrogens (tertiary/aromatic N) is 2. The first-order chi connectivity index (χ1) is 14.4. The standard InChI is InChI=1S/C23H20N2O4S/c1-14-5-4-6-20(15(14)2)25(16(3)26)23-24-18(13-30-23)12-28-19-9-7-17-8-10-22(27)29-21(17)11-19/h4-11,13H,12H2,1-3H3. The van der Waals surface area contributed by atoms with Gasteiger partial charge in [-0.2, -0.15) is 0 Å². The molecule has 1 amide bonds. The van der Waals surface area contributed by atoms with Crippen LogP contribution >= 0.6 is 11.3 Å². The quantitative estimate of drug-likeness (QED) is 0.419. The molecule has 0 radical (unpaired) electrons. The van der Waals surface area contributed by atoms with E-state index in [0.717, 1.165) is 22.2 Å². The highest BCUT2D eigenvalue weighted by atomic mass is 32.1. The first-order valence-electron chi connectivity index (χ1n) is 9.40. The highest BCUT2D eigenvalue weighted by Gasteiger charge is 2.20. The third-order valence-electron chi connectivity index (χ3n) is 4.84. The van der Waals surface area contributed by atoms with Crippen molar-refractivity contribution in [3.8, 4) is 5.75 Å². The zero-order chi connectivity index (χ0) is 21.3. The predicted molar refractivity (Wildman–Crippen MR) is 118 cm³/mol. The third kappa shape index (κ3) is 3.97. The fourth-order valence-corrected chi connectivity index (χ4v) is 4.00. The van der Waals surface area contributed by atoms with Crippen LogP contribution in [0.1, 0.15) is 23.7 Å². The largest absolute Gasteiger partial charge is 0.487 e. The van der Waals surface area contributed by atoms with E-state index in [0.29, 0.717) is 22.2 Å². The Bertz CT molecular complexity index is 1290. The number of aryl methyl sites for hydroxylation is 1. The molecule has 0 atom stereocenters. The molecule has 0 bridgehead atoms. The summed E-state index contributed by atoms with van der Waals surface area (Å²) in [5.74, 6) is 0.472. The Balaban J connectivity index is 1.55. The van der Waals surface area contributed by atoms with Gasteiger partial charge in [0.25, 0.3) is 0 Å². The number of fused-ring (bicyclic) bond motifs is 1. The molecule has 4 rings (SSSR count). The Morgan fingerprint density at radius 1 is 1.17 bits per heavy atom. The highest BCUT2D eigenvalue weighted by Crippen LogP contribution is 2.32.